The van der Waals surface area contributed by atoms with Gasteiger partial charge in [-0.3, -0.25) is 4.79 Å². The van der Waals surface area contributed by atoms with Crippen LogP contribution in [0.3, 0.4) is 0 Å². The van der Waals surface area contributed by atoms with Gasteiger partial charge in [-0.2, -0.15) is 5.10 Å². The van der Waals surface area contributed by atoms with Crippen molar-refractivity contribution in [1.82, 2.24) is 9.78 Å². The molecule has 1 rings (SSSR count). The lowest BCUT2D eigenvalue weighted by atomic mass is 10.2. The molecule has 0 aliphatic heterocycles. The number of nitrogens with zero attached hydrogens (tertiary/aromatic N) is 2. The molecule has 0 saturated heterocycles. The van der Waals surface area contributed by atoms with E-state index in [1.165, 1.54) is 10.7 Å². The van der Waals surface area contributed by atoms with E-state index < -0.39 is 0 Å². The average Bonchev–Trinajstić information content (AvgIpc) is 2.11. The van der Waals surface area contributed by atoms with Crippen LogP contribution < -0.4 is 5.56 Å². The third-order valence-corrected chi connectivity index (χ3v) is 1.87. The average molecular weight is 178 g/mol. The van der Waals surface area contributed by atoms with Crippen molar-refractivity contribution >= 4 is 0 Å². The SMILES string of the molecule is C=C(CC)Cn1nc(C)ccc1=O. The highest BCUT2D eigenvalue weighted by Crippen LogP contribution is 1.98. The molecule has 3 heteroatoms. The maximum atomic E-state index is 11.3. The zero-order valence-corrected chi connectivity index (χ0v) is 8.08. The molecule has 13 heavy (non-hydrogen) atoms. The lowest BCUT2D eigenvalue weighted by Gasteiger charge is -2.05. The Kier molecular flexibility index (Phi) is 3.01. The molecule has 0 aliphatic carbocycles. The maximum Gasteiger partial charge on any atom is 0.267 e. The molecule has 0 atom stereocenters. The van der Waals surface area contributed by atoms with Gasteiger partial charge < -0.3 is 0 Å². The zero-order chi connectivity index (χ0) is 9.84. The Morgan fingerprint density at radius 2 is 2.31 bits per heavy atom. The molecule has 0 aromatic carbocycles. The van der Waals surface area contributed by atoms with Crippen molar-refractivity contribution in [3.63, 3.8) is 0 Å². The highest BCUT2D eigenvalue weighted by molar-refractivity contribution is 5.00. The fourth-order valence-electron chi connectivity index (χ4n) is 0.988. The second-order valence-electron chi connectivity index (χ2n) is 3.07. The molecule has 70 valence electrons. The van der Waals surface area contributed by atoms with Crippen molar-refractivity contribution in [3.05, 3.63) is 40.3 Å². The minimum absolute atomic E-state index is 0.0693. The van der Waals surface area contributed by atoms with Crippen LogP contribution in [0.15, 0.2) is 29.1 Å². The topological polar surface area (TPSA) is 34.9 Å². The van der Waals surface area contributed by atoms with Crippen molar-refractivity contribution in [3.8, 4) is 0 Å². The largest absolute Gasteiger partial charge is 0.268 e. The van der Waals surface area contributed by atoms with Gasteiger partial charge in [-0.25, -0.2) is 4.68 Å². The molecular weight excluding hydrogens is 164 g/mol. The first-order valence-electron chi connectivity index (χ1n) is 4.35. The van der Waals surface area contributed by atoms with Crippen LogP contribution in [0.1, 0.15) is 19.0 Å². The molecule has 0 aliphatic rings. The summed E-state index contributed by atoms with van der Waals surface area (Å²) in [6.07, 6.45) is 0.877. The number of hydrogen-bond acceptors (Lipinski definition) is 2. The van der Waals surface area contributed by atoms with Gasteiger partial charge in [0, 0.05) is 6.07 Å². The maximum absolute atomic E-state index is 11.3. The molecule has 0 radical (unpaired) electrons. The first kappa shape index (κ1) is 9.71. The second-order valence-corrected chi connectivity index (χ2v) is 3.07. The quantitative estimate of drug-likeness (QED) is 0.658. The van der Waals surface area contributed by atoms with E-state index in [-0.39, 0.29) is 5.56 Å². The van der Waals surface area contributed by atoms with Gasteiger partial charge in [0.1, 0.15) is 0 Å². The predicted molar refractivity (Wildman–Crippen MR) is 52.7 cm³/mol. The number of aromatic nitrogens is 2. The molecular formula is C10H14N2O. The van der Waals surface area contributed by atoms with Crippen molar-refractivity contribution in [1.29, 1.82) is 0 Å². The van der Waals surface area contributed by atoms with Crippen LogP contribution in [0, 0.1) is 6.92 Å². The lowest BCUT2D eigenvalue weighted by Crippen LogP contribution is -2.23. The van der Waals surface area contributed by atoms with Crippen molar-refractivity contribution in [2.24, 2.45) is 0 Å². The van der Waals surface area contributed by atoms with Gasteiger partial charge in [0.15, 0.2) is 0 Å². The van der Waals surface area contributed by atoms with Crippen LogP contribution in [-0.4, -0.2) is 9.78 Å². The number of rotatable bonds is 3. The summed E-state index contributed by atoms with van der Waals surface area (Å²) in [6.45, 7) is 8.25. The van der Waals surface area contributed by atoms with Gasteiger partial charge in [0.05, 0.1) is 12.2 Å². The van der Waals surface area contributed by atoms with Gasteiger partial charge in [0.2, 0.25) is 0 Å². The summed E-state index contributed by atoms with van der Waals surface area (Å²) >= 11 is 0. The minimum Gasteiger partial charge on any atom is -0.268 e. The van der Waals surface area contributed by atoms with Gasteiger partial charge in [-0.15, -0.1) is 0 Å². The summed E-state index contributed by atoms with van der Waals surface area (Å²) in [4.78, 5) is 11.3. The summed E-state index contributed by atoms with van der Waals surface area (Å²) < 4.78 is 1.45. The lowest BCUT2D eigenvalue weighted by molar-refractivity contribution is 0.612. The van der Waals surface area contributed by atoms with E-state index in [0.717, 1.165) is 17.7 Å². The molecule has 0 fully saturated rings. The van der Waals surface area contributed by atoms with E-state index in [1.807, 2.05) is 13.8 Å². The summed E-state index contributed by atoms with van der Waals surface area (Å²) in [5, 5.41) is 4.10. The standard InChI is InChI=1S/C10H14N2O/c1-4-8(2)7-12-10(13)6-5-9(3)11-12/h5-6H,2,4,7H2,1,3H3. The zero-order valence-electron chi connectivity index (χ0n) is 8.08. The van der Waals surface area contributed by atoms with Gasteiger partial charge in [-0.1, -0.05) is 19.1 Å². The van der Waals surface area contributed by atoms with Crippen LogP contribution in [0.25, 0.3) is 0 Å². The Labute approximate surface area is 77.7 Å². The molecule has 0 spiro atoms. The molecule has 0 amide bonds. The van der Waals surface area contributed by atoms with Gasteiger partial charge in [-0.05, 0) is 19.4 Å². The van der Waals surface area contributed by atoms with Crippen molar-refractivity contribution in [2.45, 2.75) is 26.8 Å². The van der Waals surface area contributed by atoms with Gasteiger partial charge >= 0.3 is 0 Å². The van der Waals surface area contributed by atoms with Crippen LogP contribution >= 0.6 is 0 Å². The molecule has 1 aromatic rings. The second kappa shape index (κ2) is 4.03. The Morgan fingerprint density at radius 3 is 2.92 bits per heavy atom. The first-order valence-corrected chi connectivity index (χ1v) is 4.35. The monoisotopic (exact) mass is 178 g/mol. The van der Waals surface area contributed by atoms with Crippen LogP contribution in [0.4, 0.5) is 0 Å². The van der Waals surface area contributed by atoms with Gasteiger partial charge in [0.25, 0.3) is 5.56 Å². The molecule has 0 bridgehead atoms. The first-order chi connectivity index (χ1) is 6.13. The van der Waals surface area contributed by atoms with Crippen LogP contribution in [-0.2, 0) is 6.54 Å². The molecule has 0 N–H and O–H groups in total. The summed E-state index contributed by atoms with van der Waals surface area (Å²) in [5.74, 6) is 0. The van der Waals surface area contributed by atoms with E-state index in [9.17, 15) is 4.79 Å². The predicted octanol–water partition coefficient (Wildman–Crippen LogP) is 1.52. The van der Waals surface area contributed by atoms with Crippen LogP contribution in [0.2, 0.25) is 0 Å². The molecule has 0 saturated carbocycles. The normalized spacial score (nSPS) is 10.0. The third kappa shape index (κ3) is 2.54. The van der Waals surface area contributed by atoms with Crippen molar-refractivity contribution < 1.29 is 0 Å². The molecule has 1 aromatic heterocycles. The van der Waals surface area contributed by atoms with E-state index in [2.05, 4.69) is 11.7 Å². The third-order valence-electron chi connectivity index (χ3n) is 1.87. The Balaban J connectivity index is 2.94. The van der Waals surface area contributed by atoms with E-state index in [1.54, 1.807) is 6.07 Å². The molecule has 0 unspecified atom stereocenters. The minimum atomic E-state index is -0.0693. The fourth-order valence-corrected chi connectivity index (χ4v) is 0.988. The van der Waals surface area contributed by atoms with E-state index in [4.69, 9.17) is 0 Å². The smallest absolute Gasteiger partial charge is 0.267 e. The Morgan fingerprint density at radius 1 is 1.62 bits per heavy atom. The summed E-state index contributed by atoms with van der Waals surface area (Å²) in [6, 6.07) is 3.25. The Hall–Kier alpha value is -1.38. The number of allylic oxidation sites excluding steroid dienone is 1. The van der Waals surface area contributed by atoms with Crippen molar-refractivity contribution in [2.75, 3.05) is 0 Å². The summed E-state index contributed by atoms with van der Waals surface area (Å²) in [7, 11) is 0. The molecule has 1 heterocycles. The fraction of sp³-hybridized carbons (Fsp3) is 0.400. The number of hydrogen-bond donors (Lipinski definition) is 0. The number of aryl methyl sites for hydroxylation is 1. The molecule has 3 nitrogen and oxygen atoms in total. The Bertz CT molecular complexity index is 365. The summed E-state index contributed by atoms with van der Waals surface area (Å²) in [5.41, 5.74) is 1.80. The van der Waals surface area contributed by atoms with E-state index >= 15 is 0 Å². The van der Waals surface area contributed by atoms with Crippen LogP contribution in [0.5, 0.6) is 0 Å². The highest BCUT2D eigenvalue weighted by Gasteiger charge is 1.98. The van der Waals surface area contributed by atoms with E-state index in [0.29, 0.717) is 6.54 Å². The highest BCUT2D eigenvalue weighted by atomic mass is 16.1.